The van der Waals surface area contributed by atoms with Crippen LogP contribution >= 0.6 is 0 Å². The molecule has 4 nitrogen and oxygen atoms in total. The second-order valence-electron chi connectivity index (χ2n) is 7.52. The lowest BCUT2D eigenvalue weighted by molar-refractivity contribution is -0.118. The van der Waals surface area contributed by atoms with Gasteiger partial charge in [-0.2, -0.15) is 0 Å². The molecule has 0 aromatic carbocycles. The summed E-state index contributed by atoms with van der Waals surface area (Å²) in [5.41, 5.74) is 2.75. The Bertz CT molecular complexity index is 547. The van der Waals surface area contributed by atoms with E-state index in [1.807, 2.05) is 20.8 Å². The smallest absolute Gasteiger partial charge is 0.251 e. The molecule has 0 aromatic heterocycles. The van der Waals surface area contributed by atoms with Crippen molar-refractivity contribution in [3.63, 3.8) is 0 Å². The summed E-state index contributed by atoms with van der Waals surface area (Å²) in [5, 5.41) is 6.67. The van der Waals surface area contributed by atoms with Crippen LogP contribution in [0.2, 0.25) is 0 Å². The summed E-state index contributed by atoms with van der Waals surface area (Å²) < 4.78 is 0. The van der Waals surface area contributed by atoms with Crippen LogP contribution in [-0.2, 0) is 4.79 Å². The van der Waals surface area contributed by atoms with Crippen molar-refractivity contribution in [3.8, 4) is 0 Å². The van der Waals surface area contributed by atoms with E-state index in [0.717, 1.165) is 41.8 Å². The van der Waals surface area contributed by atoms with Crippen LogP contribution in [0.25, 0.3) is 0 Å². The number of allylic oxidation sites excluding steroid dienone is 1. The maximum absolute atomic E-state index is 12.8. The molecule has 0 saturated heterocycles. The third kappa shape index (κ3) is 4.46. The first-order valence-corrected chi connectivity index (χ1v) is 8.75. The second-order valence-corrected chi connectivity index (χ2v) is 7.52. The molecule has 0 spiro atoms. The molecule has 1 unspecified atom stereocenters. The zero-order chi connectivity index (χ0) is 17.2. The fourth-order valence-electron chi connectivity index (χ4n) is 3.03. The van der Waals surface area contributed by atoms with Crippen molar-refractivity contribution in [1.29, 1.82) is 0 Å². The van der Waals surface area contributed by atoms with Gasteiger partial charge in [0, 0.05) is 22.7 Å². The lowest BCUT2D eigenvalue weighted by atomic mass is 10.00. The molecule has 0 aliphatic heterocycles. The highest BCUT2D eigenvalue weighted by molar-refractivity contribution is 5.98. The van der Waals surface area contributed by atoms with Crippen molar-refractivity contribution in [2.24, 2.45) is 10.9 Å². The largest absolute Gasteiger partial charge is 0.365 e. The Labute approximate surface area is 140 Å². The van der Waals surface area contributed by atoms with Crippen LogP contribution in [0.5, 0.6) is 0 Å². The van der Waals surface area contributed by atoms with Crippen LogP contribution in [0.4, 0.5) is 0 Å². The van der Waals surface area contributed by atoms with Crippen LogP contribution in [-0.4, -0.2) is 24.2 Å². The molecule has 128 valence electrons. The van der Waals surface area contributed by atoms with Gasteiger partial charge < -0.3 is 10.6 Å². The Kier molecular flexibility index (Phi) is 5.33. The van der Waals surface area contributed by atoms with Gasteiger partial charge in [-0.05, 0) is 72.4 Å². The molecule has 2 aliphatic rings. The third-order valence-corrected chi connectivity index (χ3v) is 4.98. The summed E-state index contributed by atoms with van der Waals surface area (Å²) in [4.78, 5) is 17.0. The van der Waals surface area contributed by atoms with Gasteiger partial charge in [-0.15, -0.1) is 0 Å². The topological polar surface area (TPSA) is 53.5 Å². The van der Waals surface area contributed by atoms with Crippen molar-refractivity contribution in [1.82, 2.24) is 10.6 Å². The summed E-state index contributed by atoms with van der Waals surface area (Å²) in [6.45, 7) is 13.9. The molecule has 1 amide bonds. The molecular weight excluding hydrogens is 286 g/mol. The molecule has 4 heteroatoms. The average Bonchev–Trinajstić information content (AvgIpc) is 3.39. The quantitative estimate of drug-likeness (QED) is 0.407. The van der Waals surface area contributed by atoms with Crippen LogP contribution in [0.15, 0.2) is 27.5 Å². The van der Waals surface area contributed by atoms with Crippen molar-refractivity contribution in [3.05, 3.63) is 22.5 Å². The minimum Gasteiger partial charge on any atom is -0.365 e. The molecule has 0 aromatic rings. The van der Waals surface area contributed by atoms with Crippen LogP contribution in [0, 0.1) is 5.92 Å². The molecule has 0 heterocycles. The van der Waals surface area contributed by atoms with E-state index < -0.39 is 0 Å². The van der Waals surface area contributed by atoms with Crippen molar-refractivity contribution in [2.45, 2.75) is 78.3 Å². The van der Waals surface area contributed by atoms with Crippen LogP contribution in [0.1, 0.15) is 66.7 Å². The maximum Gasteiger partial charge on any atom is 0.251 e. The highest BCUT2D eigenvalue weighted by atomic mass is 16.1. The molecular formula is C19H31N3O. The number of carbonyl (C=O) groups is 1. The van der Waals surface area contributed by atoms with Crippen LogP contribution in [0.3, 0.4) is 0 Å². The molecule has 1 atom stereocenters. The van der Waals surface area contributed by atoms with Gasteiger partial charge in [-0.25, -0.2) is 4.99 Å². The maximum atomic E-state index is 12.8. The molecule has 2 fully saturated rings. The third-order valence-electron chi connectivity index (χ3n) is 4.98. The summed E-state index contributed by atoms with van der Waals surface area (Å²) in [5.74, 6) is 1.41. The van der Waals surface area contributed by atoms with Gasteiger partial charge in [0.15, 0.2) is 0 Å². The normalized spacial score (nSPS) is 20.9. The van der Waals surface area contributed by atoms with Crippen molar-refractivity contribution < 1.29 is 4.79 Å². The highest BCUT2D eigenvalue weighted by Gasteiger charge is 2.38. The molecule has 0 bridgehead atoms. The number of aliphatic imine (C=N–C) groups is 1. The van der Waals surface area contributed by atoms with Gasteiger partial charge in [-0.1, -0.05) is 12.5 Å². The second kappa shape index (κ2) is 6.90. The minimum absolute atomic E-state index is 0.0187. The first-order chi connectivity index (χ1) is 10.8. The van der Waals surface area contributed by atoms with E-state index in [1.165, 1.54) is 12.8 Å². The van der Waals surface area contributed by atoms with E-state index in [0.29, 0.717) is 12.0 Å². The minimum atomic E-state index is 0.0187. The Morgan fingerprint density at radius 2 is 1.91 bits per heavy atom. The van der Waals surface area contributed by atoms with E-state index in [-0.39, 0.29) is 11.4 Å². The Morgan fingerprint density at radius 3 is 2.30 bits per heavy atom. The molecule has 2 rings (SSSR count). The molecule has 2 N–H and O–H groups in total. The van der Waals surface area contributed by atoms with E-state index in [2.05, 4.69) is 36.2 Å². The molecule has 2 aliphatic carbocycles. The average molecular weight is 317 g/mol. The monoisotopic (exact) mass is 317 g/mol. The van der Waals surface area contributed by atoms with Gasteiger partial charge in [-0.3, -0.25) is 4.79 Å². The predicted molar refractivity (Wildman–Crippen MR) is 96.3 cm³/mol. The standard InChI is InChI=1S/C19H31N3O/c1-7-15(14-8-9-14)21-18(23)16(12(2)3)13(4)17(20-6)22-19(5)10-11-19/h14-15,22H,6-11H2,1-5H3,(H,21,23)/b17-13-. The van der Waals surface area contributed by atoms with Gasteiger partial charge in [0.1, 0.15) is 5.82 Å². The number of rotatable bonds is 8. The van der Waals surface area contributed by atoms with E-state index in [4.69, 9.17) is 0 Å². The summed E-state index contributed by atoms with van der Waals surface area (Å²) in [6, 6.07) is 0.290. The molecule has 23 heavy (non-hydrogen) atoms. The SMILES string of the molecule is C=N/C(NC1(C)CC1)=C(\C)C(C(=O)NC(CC)C1CC1)=C(C)C. The van der Waals surface area contributed by atoms with E-state index >= 15 is 0 Å². The van der Waals surface area contributed by atoms with Crippen LogP contribution < -0.4 is 10.6 Å². The number of carbonyl (C=O) groups excluding carboxylic acids is 1. The number of hydrogen-bond acceptors (Lipinski definition) is 3. The lowest BCUT2D eigenvalue weighted by Crippen LogP contribution is -2.38. The first kappa shape index (κ1) is 17.8. The van der Waals surface area contributed by atoms with Crippen molar-refractivity contribution >= 4 is 12.6 Å². The number of amides is 1. The molecule has 2 saturated carbocycles. The zero-order valence-corrected chi connectivity index (χ0v) is 15.3. The Balaban J connectivity index is 2.20. The molecule has 0 radical (unpaired) electrons. The van der Waals surface area contributed by atoms with E-state index in [1.54, 1.807) is 0 Å². The number of hydrogen-bond donors (Lipinski definition) is 2. The van der Waals surface area contributed by atoms with Gasteiger partial charge in [0.25, 0.3) is 5.91 Å². The summed E-state index contributed by atoms with van der Waals surface area (Å²) >= 11 is 0. The van der Waals surface area contributed by atoms with E-state index in [9.17, 15) is 4.79 Å². The highest BCUT2D eigenvalue weighted by Crippen LogP contribution is 2.37. The van der Waals surface area contributed by atoms with Gasteiger partial charge in [0.05, 0.1) is 0 Å². The number of nitrogens with one attached hydrogen (secondary N) is 2. The lowest BCUT2D eigenvalue weighted by Gasteiger charge is -2.21. The predicted octanol–water partition coefficient (Wildman–Crippen LogP) is 3.70. The fourth-order valence-corrected chi connectivity index (χ4v) is 3.03. The van der Waals surface area contributed by atoms with Crippen molar-refractivity contribution in [2.75, 3.05) is 0 Å². The number of nitrogens with zero attached hydrogens (tertiary/aromatic N) is 1. The summed E-state index contributed by atoms with van der Waals surface area (Å²) in [6.07, 6.45) is 5.72. The Hall–Kier alpha value is -1.58. The first-order valence-electron chi connectivity index (χ1n) is 8.75. The zero-order valence-electron chi connectivity index (χ0n) is 15.3. The van der Waals surface area contributed by atoms with Gasteiger partial charge in [0.2, 0.25) is 0 Å². The van der Waals surface area contributed by atoms with Gasteiger partial charge >= 0.3 is 0 Å². The Morgan fingerprint density at radius 1 is 1.30 bits per heavy atom. The summed E-state index contributed by atoms with van der Waals surface area (Å²) in [7, 11) is 0. The fraction of sp³-hybridized carbons (Fsp3) is 0.684.